The fourth-order valence-corrected chi connectivity index (χ4v) is 2.19. The highest BCUT2D eigenvalue weighted by Gasteiger charge is 2.10. The third-order valence-electron chi connectivity index (χ3n) is 2.83. The second-order valence-corrected chi connectivity index (χ2v) is 4.67. The topological polar surface area (TPSA) is 18.5 Å². The van der Waals surface area contributed by atoms with Gasteiger partial charge in [-0.25, -0.2) is 8.78 Å². The monoisotopic (exact) mass is 342 g/mol. The molecule has 106 valence electrons. The van der Waals surface area contributed by atoms with E-state index in [2.05, 4.69) is 15.9 Å². The normalized spacial score (nSPS) is 10.4. The summed E-state index contributed by atoms with van der Waals surface area (Å²) in [7, 11) is 1.55. The highest BCUT2D eigenvalue weighted by Crippen LogP contribution is 2.27. The van der Waals surface area contributed by atoms with Gasteiger partial charge in [0.15, 0.2) is 11.6 Å². The lowest BCUT2D eigenvalue weighted by Crippen LogP contribution is -2.02. The van der Waals surface area contributed by atoms with Crippen molar-refractivity contribution in [2.75, 3.05) is 7.11 Å². The Morgan fingerprint density at radius 1 is 1.10 bits per heavy atom. The summed E-state index contributed by atoms with van der Waals surface area (Å²) in [6.07, 6.45) is 0. The van der Waals surface area contributed by atoms with Crippen molar-refractivity contribution in [3.05, 3.63) is 59.2 Å². The van der Waals surface area contributed by atoms with E-state index in [4.69, 9.17) is 9.47 Å². The maximum absolute atomic E-state index is 13.5. The van der Waals surface area contributed by atoms with Crippen LogP contribution in [0, 0.1) is 11.6 Å². The zero-order valence-corrected chi connectivity index (χ0v) is 12.4. The predicted molar refractivity (Wildman–Crippen MR) is 76.3 cm³/mol. The fourth-order valence-electron chi connectivity index (χ4n) is 1.72. The van der Waals surface area contributed by atoms with Crippen molar-refractivity contribution in [1.82, 2.24) is 0 Å². The molecule has 0 saturated heterocycles. The lowest BCUT2D eigenvalue weighted by molar-refractivity contribution is 0.293. The van der Waals surface area contributed by atoms with Crippen molar-refractivity contribution in [3.8, 4) is 11.5 Å². The van der Waals surface area contributed by atoms with Crippen LogP contribution in [0.15, 0.2) is 36.4 Å². The summed E-state index contributed by atoms with van der Waals surface area (Å²) >= 11 is 3.35. The zero-order valence-electron chi connectivity index (χ0n) is 10.8. The van der Waals surface area contributed by atoms with Crippen molar-refractivity contribution in [3.63, 3.8) is 0 Å². The summed E-state index contributed by atoms with van der Waals surface area (Å²) in [6.45, 7) is -0.0449. The molecule has 0 heterocycles. The van der Waals surface area contributed by atoms with Crippen molar-refractivity contribution in [2.24, 2.45) is 0 Å². The highest BCUT2D eigenvalue weighted by molar-refractivity contribution is 9.08. The molecule has 0 unspecified atom stereocenters. The van der Waals surface area contributed by atoms with Crippen LogP contribution in [0.25, 0.3) is 0 Å². The van der Waals surface area contributed by atoms with Crippen LogP contribution in [0.1, 0.15) is 11.1 Å². The first-order valence-corrected chi connectivity index (χ1v) is 7.06. The van der Waals surface area contributed by atoms with Crippen LogP contribution in [0.3, 0.4) is 0 Å². The van der Waals surface area contributed by atoms with Crippen molar-refractivity contribution in [1.29, 1.82) is 0 Å². The Hall–Kier alpha value is -1.62. The molecule has 0 aliphatic rings. The first kappa shape index (κ1) is 14.8. The molecular weight excluding hydrogens is 330 g/mol. The van der Waals surface area contributed by atoms with Crippen LogP contribution in [-0.4, -0.2) is 7.11 Å². The Kier molecular flexibility index (Phi) is 4.95. The van der Waals surface area contributed by atoms with E-state index in [1.54, 1.807) is 13.2 Å². The van der Waals surface area contributed by atoms with Gasteiger partial charge in [0, 0.05) is 22.5 Å². The van der Waals surface area contributed by atoms with E-state index >= 15 is 0 Å². The maximum Gasteiger partial charge on any atom is 0.165 e. The van der Waals surface area contributed by atoms with Gasteiger partial charge in [-0.15, -0.1) is 0 Å². The molecule has 2 aromatic carbocycles. The molecule has 2 rings (SSSR count). The fraction of sp³-hybridized carbons (Fsp3) is 0.200. The summed E-state index contributed by atoms with van der Waals surface area (Å²) in [4.78, 5) is 0. The molecule has 0 spiro atoms. The summed E-state index contributed by atoms with van der Waals surface area (Å²) in [5.74, 6) is -0.539. The largest absolute Gasteiger partial charge is 0.497 e. The first-order valence-electron chi connectivity index (χ1n) is 5.94. The number of ether oxygens (including phenoxy) is 2. The summed E-state index contributed by atoms with van der Waals surface area (Å²) in [5, 5.41) is 0.595. The van der Waals surface area contributed by atoms with Gasteiger partial charge in [-0.2, -0.15) is 0 Å². The molecule has 0 bridgehead atoms. The lowest BCUT2D eigenvalue weighted by atomic mass is 10.2. The molecular formula is C15H13BrF2O2. The molecule has 0 amide bonds. The molecule has 0 aromatic heterocycles. The molecule has 0 radical (unpaired) electrons. The quantitative estimate of drug-likeness (QED) is 0.747. The Morgan fingerprint density at radius 2 is 1.90 bits per heavy atom. The number of hydrogen-bond acceptors (Lipinski definition) is 2. The number of alkyl halides is 1. The molecule has 20 heavy (non-hydrogen) atoms. The predicted octanol–water partition coefficient (Wildman–Crippen LogP) is 4.45. The van der Waals surface area contributed by atoms with Gasteiger partial charge < -0.3 is 9.47 Å². The number of rotatable bonds is 5. The number of hydrogen-bond donors (Lipinski definition) is 0. The summed E-state index contributed by atoms with van der Waals surface area (Å²) in [5.41, 5.74) is 1.08. The van der Waals surface area contributed by atoms with E-state index in [1.165, 1.54) is 12.1 Å². The van der Waals surface area contributed by atoms with Gasteiger partial charge in [0.2, 0.25) is 0 Å². The third-order valence-corrected chi connectivity index (χ3v) is 3.44. The van der Waals surface area contributed by atoms with Gasteiger partial charge in [-0.05, 0) is 12.1 Å². The minimum atomic E-state index is -0.879. The molecule has 0 atom stereocenters. The van der Waals surface area contributed by atoms with Crippen LogP contribution >= 0.6 is 15.9 Å². The van der Waals surface area contributed by atoms with E-state index in [0.717, 1.165) is 11.6 Å². The van der Waals surface area contributed by atoms with Crippen LogP contribution in [-0.2, 0) is 11.9 Å². The van der Waals surface area contributed by atoms with E-state index < -0.39 is 11.6 Å². The summed E-state index contributed by atoms with van der Waals surface area (Å²) < 4.78 is 37.4. The molecule has 0 fully saturated rings. The Morgan fingerprint density at radius 3 is 2.60 bits per heavy atom. The average Bonchev–Trinajstić information content (AvgIpc) is 2.48. The lowest BCUT2D eigenvalue weighted by Gasteiger charge is -2.12. The summed E-state index contributed by atoms with van der Waals surface area (Å²) in [6, 6.07) is 9.40. The molecule has 2 nitrogen and oxygen atoms in total. The number of methoxy groups -OCH3 is 1. The van der Waals surface area contributed by atoms with Crippen molar-refractivity contribution >= 4 is 15.9 Å². The average molecular weight is 343 g/mol. The number of halogens is 3. The van der Waals surface area contributed by atoms with Crippen LogP contribution in [0.2, 0.25) is 0 Å². The minimum absolute atomic E-state index is 0.0449. The van der Waals surface area contributed by atoms with E-state index in [0.29, 0.717) is 16.8 Å². The standard InChI is InChI=1S/C15H13BrF2O2/c1-19-12-6-5-10(8-16)14(7-12)20-9-11-3-2-4-13(17)15(11)18/h2-7H,8-9H2,1H3. The second-order valence-electron chi connectivity index (χ2n) is 4.11. The highest BCUT2D eigenvalue weighted by atomic mass is 79.9. The molecule has 0 saturated carbocycles. The van der Waals surface area contributed by atoms with Gasteiger partial charge in [-0.3, -0.25) is 0 Å². The number of benzene rings is 2. The van der Waals surface area contributed by atoms with Crippen molar-refractivity contribution in [2.45, 2.75) is 11.9 Å². The van der Waals surface area contributed by atoms with Gasteiger partial charge in [0.05, 0.1) is 7.11 Å². The third kappa shape index (κ3) is 3.28. The smallest absolute Gasteiger partial charge is 0.165 e. The van der Waals surface area contributed by atoms with Gasteiger partial charge in [0.1, 0.15) is 18.1 Å². The molecule has 0 aliphatic carbocycles. The van der Waals surface area contributed by atoms with Crippen LogP contribution < -0.4 is 9.47 Å². The Bertz CT molecular complexity index is 602. The second kappa shape index (κ2) is 6.70. The van der Waals surface area contributed by atoms with Crippen molar-refractivity contribution < 1.29 is 18.3 Å². The maximum atomic E-state index is 13.5. The Balaban J connectivity index is 2.19. The van der Waals surface area contributed by atoms with E-state index in [9.17, 15) is 8.78 Å². The van der Waals surface area contributed by atoms with E-state index in [-0.39, 0.29) is 12.2 Å². The molecule has 5 heteroatoms. The van der Waals surface area contributed by atoms with Gasteiger partial charge in [0.25, 0.3) is 0 Å². The first-order chi connectivity index (χ1) is 9.65. The van der Waals surface area contributed by atoms with Gasteiger partial charge in [-0.1, -0.05) is 34.1 Å². The SMILES string of the molecule is COc1ccc(CBr)c(OCc2cccc(F)c2F)c1. The molecule has 0 N–H and O–H groups in total. The van der Waals surface area contributed by atoms with Crippen LogP contribution in [0.4, 0.5) is 8.78 Å². The van der Waals surface area contributed by atoms with Gasteiger partial charge >= 0.3 is 0 Å². The minimum Gasteiger partial charge on any atom is -0.497 e. The molecule has 0 aliphatic heterocycles. The Labute approximate surface area is 124 Å². The molecule has 2 aromatic rings. The van der Waals surface area contributed by atoms with Crippen LogP contribution in [0.5, 0.6) is 11.5 Å². The van der Waals surface area contributed by atoms with E-state index in [1.807, 2.05) is 12.1 Å². The zero-order chi connectivity index (χ0) is 14.5.